The SMILES string of the molecule is C[C@@H](Nc1ncc(-c2ccc(Cl)cc2)o1)[C@H]1CC[C@@H](c2ccnc3ccc(F)cc32)CC1. The first-order chi connectivity index (χ1) is 15.6. The van der Waals surface area contributed by atoms with Gasteiger partial charge >= 0.3 is 0 Å². The molecule has 4 nitrogen and oxygen atoms in total. The number of hydrogen-bond acceptors (Lipinski definition) is 4. The van der Waals surface area contributed by atoms with E-state index >= 15 is 0 Å². The highest BCUT2D eigenvalue weighted by atomic mass is 35.5. The molecule has 6 heteroatoms. The predicted molar refractivity (Wildman–Crippen MR) is 126 cm³/mol. The maximum absolute atomic E-state index is 13.8. The summed E-state index contributed by atoms with van der Waals surface area (Å²) in [5, 5.41) is 5.08. The fraction of sp³-hybridized carbons (Fsp3) is 0.308. The summed E-state index contributed by atoms with van der Waals surface area (Å²) in [6.45, 7) is 2.19. The molecule has 164 valence electrons. The van der Waals surface area contributed by atoms with Crippen molar-refractivity contribution in [1.29, 1.82) is 0 Å². The zero-order valence-electron chi connectivity index (χ0n) is 17.9. The summed E-state index contributed by atoms with van der Waals surface area (Å²) in [6.07, 6.45) is 7.93. The molecule has 4 aromatic rings. The van der Waals surface area contributed by atoms with E-state index in [1.807, 2.05) is 30.5 Å². The molecule has 0 unspecified atom stereocenters. The molecule has 1 atom stereocenters. The van der Waals surface area contributed by atoms with Gasteiger partial charge in [0.2, 0.25) is 0 Å². The van der Waals surface area contributed by atoms with Gasteiger partial charge in [-0.1, -0.05) is 11.6 Å². The van der Waals surface area contributed by atoms with Crippen LogP contribution < -0.4 is 5.32 Å². The normalized spacial score (nSPS) is 19.7. The number of aromatic nitrogens is 2. The zero-order valence-corrected chi connectivity index (χ0v) is 18.6. The number of nitrogens with one attached hydrogen (secondary N) is 1. The minimum absolute atomic E-state index is 0.206. The summed E-state index contributed by atoms with van der Waals surface area (Å²) in [4.78, 5) is 8.80. The topological polar surface area (TPSA) is 51.0 Å². The van der Waals surface area contributed by atoms with Crippen LogP contribution >= 0.6 is 11.6 Å². The minimum atomic E-state index is -0.206. The molecule has 1 saturated carbocycles. The molecule has 32 heavy (non-hydrogen) atoms. The standard InChI is InChI=1S/C26H25ClFN3O/c1-16(31-26-30-15-25(32-26)19-6-8-20(27)9-7-19)17-2-4-18(5-3-17)22-12-13-29-24-11-10-21(28)14-23(22)24/h6-18H,2-5H2,1H3,(H,30,31)/t16-,17-,18+/m1/s1. The number of nitrogens with zero attached hydrogens (tertiary/aromatic N) is 2. The Balaban J connectivity index is 1.22. The number of rotatable bonds is 5. The third kappa shape index (κ3) is 4.35. The highest BCUT2D eigenvalue weighted by Gasteiger charge is 2.27. The predicted octanol–water partition coefficient (Wildman–Crippen LogP) is 7.46. The lowest BCUT2D eigenvalue weighted by molar-refractivity contribution is 0.299. The van der Waals surface area contributed by atoms with Gasteiger partial charge in [-0.25, -0.2) is 9.37 Å². The van der Waals surface area contributed by atoms with Crippen LogP contribution in [0.1, 0.15) is 44.1 Å². The Kier molecular flexibility index (Phi) is 5.83. The highest BCUT2D eigenvalue weighted by molar-refractivity contribution is 6.30. The molecule has 0 amide bonds. The van der Waals surface area contributed by atoms with Gasteiger partial charge in [0.15, 0.2) is 5.76 Å². The second-order valence-corrected chi connectivity index (χ2v) is 9.08. The van der Waals surface area contributed by atoms with Crippen LogP contribution in [0.3, 0.4) is 0 Å². The Bertz CT molecular complexity index is 1220. The van der Waals surface area contributed by atoms with Gasteiger partial charge in [-0.2, -0.15) is 0 Å². The molecule has 2 aromatic heterocycles. The van der Waals surface area contributed by atoms with Gasteiger partial charge in [-0.15, -0.1) is 0 Å². The quantitative estimate of drug-likeness (QED) is 0.343. The fourth-order valence-corrected chi connectivity index (χ4v) is 4.95. The second kappa shape index (κ2) is 8.91. The summed E-state index contributed by atoms with van der Waals surface area (Å²) in [7, 11) is 0. The van der Waals surface area contributed by atoms with Gasteiger partial charge in [-0.05, 0) is 98.5 Å². The first kappa shape index (κ1) is 21.0. The number of benzene rings is 2. The van der Waals surface area contributed by atoms with E-state index in [9.17, 15) is 4.39 Å². The van der Waals surface area contributed by atoms with Gasteiger partial charge < -0.3 is 9.73 Å². The Hall–Kier alpha value is -2.92. The van der Waals surface area contributed by atoms with Crippen molar-refractivity contribution < 1.29 is 8.81 Å². The summed E-state index contributed by atoms with van der Waals surface area (Å²) in [6, 6.07) is 15.2. The Labute approximate surface area is 191 Å². The largest absolute Gasteiger partial charge is 0.424 e. The van der Waals surface area contributed by atoms with Gasteiger partial charge in [0.1, 0.15) is 5.82 Å². The monoisotopic (exact) mass is 449 g/mol. The summed E-state index contributed by atoms with van der Waals surface area (Å²) in [5.41, 5.74) is 3.03. The van der Waals surface area contributed by atoms with Gasteiger partial charge in [0.05, 0.1) is 11.7 Å². The molecular weight excluding hydrogens is 425 g/mol. The van der Waals surface area contributed by atoms with Crippen molar-refractivity contribution in [2.24, 2.45) is 5.92 Å². The number of fused-ring (bicyclic) bond motifs is 1. The molecule has 1 fully saturated rings. The molecule has 1 aliphatic rings. The Morgan fingerprint density at radius 3 is 2.59 bits per heavy atom. The Morgan fingerprint density at radius 2 is 1.81 bits per heavy atom. The third-order valence-electron chi connectivity index (χ3n) is 6.64. The number of hydrogen-bond donors (Lipinski definition) is 1. The third-order valence-corrected chi connectivity index (χ3v) is 6.89. The smallest absolute Gasteiger partial charge is 0.295 e. The van der Waals surface area contributed by atoms with E-state index in [1.165, 1.54) is 11.6 Å². The molecule has 5 rings (SSSR count). The van der Waals surface area contributed by atoms with Crippen LogP contribution in [0.25, 0.3) is 22.2 Å². The van der Waals surface area contributed by atoms with Crippen molar-refractivity contribution in [2.45, 2.75) is 44.6 Å². The molecular formula is C26H25ClFN3O. The molecule has 2 aromatic carbocycles. The van der Waals surface area contributed by atoms with E-state index in [-0.39, 0.29) is 11.9 Å². The minimum Gasteiger partial charge on any atom is -0.424 e. The number of halogens is 2. The second-order valence-electron chi connectivity index (χ2n) is 8.64. The lowest BCUT2D eigenvalue weighted by atomic mass is 9.75. The first-order valence-electron chi connectivity index (χ1n) is 11.1. The summed E-state index contributed by atoms with van der Waals surface area (Å²) >= 11 is 5.97. The number of pyridine rings is 1. The summed E-state index contributed by atoms with van der Waals surface area (Å²) < 4.78 is 19.7. The fourth-order valence-electron chi connectivity index (χ4n) is 4.83. The van der Waals surface area contributed by atoms with E-state index in [0.29, 0.717) is 22.9 Å². The molecule has 0 radical (unpaired) electrons. The molecule has 0 spiro atoms. The van der Waals surface area contributed by atoms with Crippen LogP contribution in [0.4, 0.5) is 10.4 Å². The summed E-state index contributed by atoms with van der Waals surface area (Å²) in [5.74, 6) is 1.48. The maximum Gasteiger partial charge on any atom is 0.295 e. The van der Waals surface area contributed by atoms with E-state index < -0.39 is 0 Å². The molecule has 0 saturated heterocycles. The number of anilines is 1. The van der Waals surface area contributed by atoms with Crippen LogP contribution in [-0.4, -0.2) is 16.0 Å². The van der Waals surface area contributed by atoms with Gasteiger partial charge in [0.25, 0.3) is 6.01 Å². The van der Waals surface area contributed by atoms with Crippen molar-refractivity contribution in [3.05, 3.63) is 77.3 Å². The van der Waals surface area contributed by atoms with Crippen LogP contribution in [0.5, 0.6) is 0 Å². The van der Waals surface area contributed by atoms with E-state index in [0.717, 1.165) is 47.9 Å². The molecule has 2 heterocycles. The first-order valence-corrected chi connectivity index (χ1v) is 11.5. The molecule has 0 aliphatic heterocycles. The van der Waals surface area contributed by atoms with Crippen molar-refractivity contribution >= 4 is 28.5 Å². The van der Waals surface area contributed by atoms with Crippen molar-refractivity contribution in [1.82, 2.24) is 9.97 Å². The molecule has 1 N–H and O–H groups in total. The highest BCUT2D eigenvalue weighted by Crippen LogP contribution is 2.40. The van der Waals surface area contributed by atoms with Crippen molar-refractivity contribution in [2.75, 3.05) is 5.32 Å². The van der Waals surface area contributed by atoms with E-state index in [4.69, 9.17) is 16.0 Å². The number of oxazole rings is 1. The van der Waals surface area contributed by atoms with E-state index in [2.05, 4.69) is 28.3 Å². The average molecular weight is 450 g/mol. The lowest BCUT2D eigenvalue weighted by Crippen LogP contribution is -2.29. The Morgan fingerprint density at radius 1 is 1.03 bits per heavy atom. The average Bonchev–Trinajstić information content (AvgIpc) is 3.27. The van der Waals surface area contributed by atoms with Crippen LogP contribution in [0.2, 0.25) is 5.02 Å². The van der Waals surface area contributed by atoms with Crippen LogP contribution in [0, 0.1) is 11.7 Å². The van der Waals surface area contributed by atoms with Crippen LogP contribution in [0.15, 0.2) is 65.3 Å². The molecule has 0 bridgehead atoms. The molecule has 1 aliphatic carbocycles. The maximum atomic E-state index is 13.8. The zero-order chi connectivity index (χ0) is 22.1. The van der Waals surface area contributed by atoms with Crippen LogP contribution in [-0.2, 0) is 0 Å². The van der Waals surface area contributed by atoms with Gasteiger partial charge in [-0.3, -0.25) is 4.98 Å². The van der Waals surface area contributed by atoms with E-state index in [1.54, 1.807) is 18.3 Å². The lowest BCUT2D eigenvalue weighted by Gasteiger charge is -2.33. The van der Waals surface area contributed by atoms with Crippen molar-refractivity contribution in [3.63, 3.8) is 0 Å². The van der Waals surface area contributed by atoms with Gasteiger partial charge in [0, 0.05) is 28.2 Å². The van der Waals surface area contributed by atoms with Crippen molar-refractivity contribution in [3.8, 4) is 11.3 Å².